The number of halogens is 5. The normalized spacial score (nSPS) is 9.74. The van der Waals surface area contributed by atoms with Crippen LogP contribution in [0.4, 0.5) is 0 Å². The summed E-state index contributed by atoms with van der Waals surface area (Å²) >= 11 is 23.2. The molecule has 0 radical (unpaired) electrons. The van der Waals surface area contributed by atoms with E-state index in [1.165, 1.54) is 0 Å². The average molecular weight is 656 g/mol. The van der Waals surface area contributed by atoms with Crippen molar-refractivity contribution in [2.75, 3.05) is 0 Å². The number of rotatable bonds is 5. The van der Waals surface area contributed by atoms with Gasteiger partial charge in [0.2, 0.25) is 5.24 Å². The molecule has 4 rings (SSSR count). The van der Waals surface area contributed by atoms with Crippen LogP contribution in [0.5, 0.6) is 0 Å². The molecule has 4 aromatic rings. The predicted octanol–water partition coefficient (Wildman–Crippen LogP) is 9.62. The molecular weight excluding hydrogens is 634 g/mol. The zero-order valence-corrected chi connectivity index (χ0v) is 23.9. The smallest absolute Gasteiger partial charge is 0.226 e. The highest BCUT2D eigenvalue weighted by molar-refractivity contribution is 9.10. The van der Waals surface area contributed by atoms with Gasteiger partial charge in [-0.2, -0.15) is 0 Å². The summed E-state index contributed by atoms with van der Waals surface area (Å²) in [5, 5.41) is 1.11. The van der Waals surface area contributed by atoms with E-state index in [1.54, 1.807) is 24.3 Å². The molecule has 2 nitrogen and oxygen atoms in total. The maximum Gasteiger partial charge on any atom is 0.226 e. The van der Waals surface area contributed by atoms with Crippen LogP contribution in [0.15, 0.2) is 112 Å². The monoisotopic (exact) mass is 652 g/mol. The van der Waals surface area contributed by atoms with Gasteiger partial charge >= 0.3 is 0 Å². The van der Waals surface area contributed by atoms with Gasteiger partial charge in [0.25, 0.3) is 0 Å². The van der Waals surface area contributed by atoms with Gasteiger partial charge in [-0.1, -0.05) is 97.5 Å². The summed E-state index contributed by atoms with van der Waals surface area (Å²) in [7, 11) is 0. The van der Waals surface area contributed by atoms with Crippen LogP contribution < -0.4 is 0 Å². The molecule has 0 heterocycles. The Morgan fingerprint density at radius 3 is 1.40 bits per heavy atom. The molecule has 35 heavy (non-hydrogen) atoms. The summed E-state index contributed by atoms with van der Waals surface area (Å²) in [6, 6.07) is 31.7. The molecular formula is C28H21Br2Cl3O2. The molecule has 0 saturated carbocycles. The highest BCUT2D eigenvalue weighted by atomic mass is 79.9. The lowest BCUT2D eigenvalue weighted by atomic mass is 10.0. The van der Waals surface area contributed by atoms with E-state index in [0.29, 0.717) is 23.4 Å². The summed E-state index contributed by atoms with van der Waals surface area (Å²) < 4.78 is 2.02. The van der Waals surface area contributed by atoms with Gasteiger partial charge in [0.05, 0.1) is 0 Å². The van der Waals surface area contributed by atoms with Crippen molar-refractivity contribution in [2.45, 2.75) is 12.8 Å². The van der Waals surface area contributed by atoms with E-state index in [4.69, 9.17) is 34.8 Å². The molecule has 0 aromatic heterocycles. The fourth-order valence-corrected chi connectivity index (χ4v) is 3.66. The minimum atomic E-state index is -0.327. The Kier molecular flexibility index (Phi) is 13.3. The maximum atomic E-state index is 12.0. The Morgan fingerprint density at radius 1 is 0.571 bits per heavy atom. The van der Waals surface area contributed by atoms with E-state index in [9.17, 15) is 9.59 Å². The first-order valence-electron chi connectivity index (χ1n) is 10.4. The molecule has 0 fully saturated rings. The fraction of sp³-hybridized carbons (Fsp3) is 0.0714. The molecule has 0 spiro atoms. The minimum absolute atomic E-state index is 0.101. The first-order chi connectivity index (χ1) is 16.7. The zero-order valence-electron chi connectivity index (χ0n) is 18.4. The van der Waals surface area contributed by atoms with Gasteiger partial charge in [0.15, 0.2) is 5.78 Å². The molecule has 7 heteroatoms. The number of carbonyl (C=O) groups is 2. The van der Waals surface area contributed by atoms with Gasteiger partial charge in [0, 0.05) is 37.4 Å². The summed E-state index contributed by atoms with van der Waals surface area (Å²) in [4.78, 5) is 22.4. The first-order valence-corrected chi connectivity index (χ1v) is 13.1. The lowest BCUT2D eigenvalue weighted by Crippen LogP contribution is -2.02. The van der Waals surface area contributed by atoms with Crippen LogP contribution in [0.25, 0.3) is 0 Å². The van der Waals surface area contributed by atoms with Gasteiger partial charge in [0.1, 0.15) is 0 Å². The number of hydrogen-bond donors (Lipinski definition) is 0. The van der Waals surface area contributed by atoms with Crippen LogP contribution >= 0.6 is 66.7 Å². The van der Waals surface area contributed by atoms with Crippen LogP contribution in [0.2, 0.25) is 10.0 Å². The quantitative estimate of drug-likeness (QED) is 0.159. The van der Waals surface area contributed by atoms with Crippen molar-refractivity contribution in [2.24, 2.45) is 0 Å². The van der Waals surface area contributed by atoms with E-state index in [1.807, 2.05) is 78.9 Å². The molecule has 0 aliphatic rings. The van der Waals surface area contributed by atoms with Gasteiger partial charge in [-0.15, -0.1) is 0 Å². The molecule has 0 atom stereocenters. The van der Waals surface area contributed by atoms with E-state index in [-0.39, 0.29) is 11.0 Å². The second-order valence-corrected chi connectivity index (χ2v) is 10.3. The number of ketones is 1. The van der Waals surface area contributed by atoms with Crippen LogP contribution in [0.1, 0.15) is 21.5 Å². The SMILES string of the molecule is Clc1ccccc1.O=C(Cc1ccc(Br)cc1)c1ccc(Cl)cc1.O=C(Cl)Cc1ccc(Br)cc1. The average Bonchev–Trinajstić information content (AvgIpc) is 2.83. The molecule has 0 N–H and O–H groups in total. The lowest BCUT2D eigenvalue weighted by molar-refractivity contribution is -0.111. The summed E-state index contributed by atoms with van der Waals surface area (Å²) in [6.45, 7) is 0. The van der Waals surface area contributed by atoms with Crippen molar-refractivity contribution in [3.8, 4) is 0 Å². The minimum Gasteiger partial charge on any atom is -0.294 e. The van der Waals surface area contributed by atoms with Gasteiger partial charge in [-0.3, -0.25) is 9.59 Å². The molecule has 0 aliphatic heterocycles. The first kappa shape index (κ1) is 29.3. The van der Waals surface area contributed by atoms with Crippen LogP contribution in [0.3, 0.4) is 0 Å². The largest absolute Gasteiger partial charge is 0.294 e. The molecule has 0 saturated heterocycles. The Hall–Kier alpha value is -1.95. The number of hydrogen-bond acceptors (Lipinski definition) is 2. The number of Topliss-reactive ketones (excluding diaryl/α,β-unsaturated/α-hetero) is 1. The molecule has 0 amide bonds. The Bertz CT molecular complexity index is 1200. The van der Waals surface area contributed by atoms with Crippen molar-refractivity contribution < 1.29 is 9.59 Å². The van der Waals surface area contributed by atoms with Crippen molar-refractivity contribution in [1.82, 2.24) is 0 Å². The van der Waals surface area contributed by atoms with E-state index < -0.39 is 0 Å². The second-order valence-electron chi connectivity index (χ2n) is 7.19. The standard InChI is InChI=1S/C14H10BrClO.C8H6BrClO.C6H5Cl/c15-12-5-1-10(2-6-12)9-14(17)11-3-7-13(16)8-4-11;9-7-3-1-6(2-4-7)5-8(10)11;7-6-4-2-1-3-5-6/h1-8H,9H2;1-4H,5H2;1-5H. The fourth-order valence-electron chi connectivity index (χ4n) is 2.70. The lowest BCUT2D eigenvalue weighted by Gasteiger charge is -2.02. The van der Waals surface area contributed by atoms with Gasteiger partial charge in [-0.25, -0.2) is 0 Å². The molecule has 4 aromatic carbocycles. The van der Waals surface area contributed by atoms with Crippen molar-refractivity contribution in [1.29, 1.82) is 0 Å². The van der Waals surface area contributed by atoms with Crippen LogP contribution in [-0.4, -0.2) is 11.0 Å². The topological polar surface area (TPSA) is 34.1 Å². The van der Waals surface area contributed by atoms with E-state index >= 15 is 0 Å². The van der Waals surface area contributed by atoms with E-state index in [2.05, 4.69) is 31.9 Å². The highest BCUT2D eigenvalue weighted by Gasteiger charge is 2.06. The highest BCUT2D eigenvalue weighted by Crippen LogP contribution is 2.15. The third-order valence-electron chi connectivity index (χ3n) is 4.43. The summed E-state index contributed by atoms with van der Waals surface area (Å²) in [5.74, 6) is 0.101. The zero-order chi connectivity index (χ0) is 25.6. The Balaban J connectivity index is 0.000000205. The predicted molar refractivity (Wildman–Crippen MR) is 154 cm³/mol. The Labute approximate surface area is 237 Å². The summed E-state index contributed by atoms with van der Waals surface area (Å²) in [5.41, 5.74) is 2.64. The molecule has 0 aliphatic carbocycles. The molecule has 0 bridgehead atoms. The van der Waals surface area contributed by atoms with Crippen molar-refractivity contribution in [3.05, 3.63) is 139 Å². The number of benzene rings is 4. The van der Waals surface area contributed by atoms with Crippen molar-refractivity contribution in [3.63, 3.8) is 0 Å². The van der Waals surface area contributed by atoms with Crippen molar-refractivity contribution >= 4 is 77.7 Å². The molecule has 0 unspecified atom stereocenters. The Morgan fingerprint density at radius 2 is 1.00 bits per heavy atom. The second kappa shape index (κ2) is 15.9. The van der Waals surface area contributed by atoms with E-state index in [0.717, 1.165) is 25.1 Å². The van der Waals surface area contributed by atoms with Gasteiger partial charge in [-0.05, 0) is 83.4 Å². The number of carbonyl (C=O) groups excluding carboxylic acids is 2. The third-order valence-corrected chi connectivity index (χ3v) is 6.13. The maximum absolute atomic E-state index is 12.0. The molecule has 180 valence electrons. The van der Waals surface area contributed by atoms with Gasteiger partial charge < -0.3 is 0 Å². The third kappa shape index (κ3) is 12.5. The van der Waals surface area contributed by atoms with Crippen LogP contribution in [0, 0.1) is 0 Å². The summed E-state index contributed by atoms with van der Waals surface area (Å²) in [6.07, 6.45) is 0.712. The van der Waals surface area contributed by atoms with Crippen LogP contribution in [-0.2, 0) is 17.6 Å².